The second-order valence-corrected chi connectivity index (χ2v) is 3.38. The minimum absolute atomic E-state index is 0.102. The maximum absolute atomic E-state index is 8.64. The molecule has 0 spiro atoms. The first-order valence-corrected chi connectivity index (χ1v) is 3.52. The molecule has 0 atom stereocenters. The van der Waals surface area contributed by atoms with Crippen LogP contribution in [0.15, 0.2) is 17.9 Å². The van der Waals surface area contributed by atoms with Crippen molar-refractivity contribution in [3.05, 3.63) is 17.9 Å². The predicted octanol–water partition coefficient (Wildman–Crippen LogP) is 2.13. The molecule has 0 saturated carbocycles. The van der Waals surface area contributed by atoms with Crippen molar-refractivity contribution in [2.45, 2.75) is 27.2 Å². The zero-order chi connectivity index (χ0) is 8.20. The van der Waals surface area contributed by atoms with Gasteiger partial charge in [0, 0.05) is 6.61 Å². The molecule has 1 heteroatoms. The number of aliphatic hydroxyl groups excluding tert-OH is 1. The SMILES string of the molecule is C=C=C(CCO)C(C)(C)C. The highest BCUT2D eigenvalue weighted by atomic mass is 16.2. The Balaban J connectivity index is 4.24. The Hall–Kier alpha value is -0.520. The minimum Gasteiger partial charge on any atom is -0.396 e. The van der Waals surface area contributed by atoms with E-state index in [1.165, 1.54) is 0 Å². The van der Waals surface area contributed by atoms with Gasteiger partial charge in [-0.15, -0.1) is 5.73 Å². The number of hydrogen-bond acceptors (Lipinski definition) is 1. The highest BCUT2D eigenvalue weighted by molar-refractivity contribution is 5.08. The average molecular weight is 140 g/mol. The molecule has 0 radical (unpaired) electrons. The smallest absolute Gasteiger partial charge is 0.0474 e. The van der Waals surface area contributed by atoms with Crippen LogP contribution in [0.4, 0.5) is 0 Å². The molecule has 1 N–H and O–H groups in total. The van der Waals surface area contributed by atoms with Crippen LogP contribution in [-0.2, 0) is 0 Å². The van der Waals surface area contributed by atoms with Crippen molar-refractivity contribution in [3.8, 4) is 0 Å². The molecule has 0 saturated heterocycles. The average Bonchev–Trinajstić information content (AvgIpc) is 1.80. The summed E-state index contributed by atoms with van der Waals surface area (Å²) < 4.78 is 0. The first kappa shape index (κ1) is 9.48. The van der Waals surface area contributed by atoms with Gasteiger partial charge in [0.1, 0.15) is 0 Å². The van der Waals surface area contributed by atoms with Crippen molar-refractivity contribution < 1.29 is 5.11 Å². The van der Waals surface area contributed by atoms with E-state index in [9.17, 15) is 0 Å². The molecule has 0 fully saturated rings. The second kappa shape index (κ2) is 3.60. The lowest BCUT2D eigenvalue weighted by Gasteiger charge is -2.19. The van der Waals surface area contributed by atoms with Crippen LogP contribution in [0.3, 0.4) is 0 Å². The Morgan fingerprint density at radius 2 is 2.00 bits per heavy atom. The van der Waals surface area contributed by atoms with Gasteiger partial charge in [-0.3, -0.25) is 0 Å². The second-order valence-electron chi connectivity index (χ2n) is 3.38. The third-order valence-corrected chi connectivity index (χ3v) is 1.48. The fraction of sp³-hybridized carbons (Fsp3) is 0.667. The molecular weight excluding hydrogens is 124 g/mol. The highest BCUT2D eigenvalue weighted by Gasteiger charge is 2.15. The molecule has 0 aliphatic rings. The summed E-state index contributed by atoms with van der Waals surface area (Å²) in [6.07, 6.45) is 0.688. The Morgan fingerprint density at radius 1 is 1.50 bits per heavy atom. The Kier molecular flexibility index (Phi) is 3.41. The predicted molar refractivity (Wildman–Crippen MR) is 43.8 cm³/mol. The quantitative estimate of drug-likeness (QED) is 0.582. The Bertz CT molecular complexity index is 145. The van der Waals surface area contributed by atoms with Gasteiger partial charge in [-0.2, -0.15) is 0 Å². The van der Waals surface area contributed by atoms with Crippen LogP contribution in [0, 0.1) is 5.41 Å². The van der Waals surface area contributed by atoms with Crippen molar-refractivity contribution >= 4 is 0 Å². The fourth-order valence-corrected chi connectivity index (χ4v) is 0.840. The molecule has 0 bridgehead atoms. The summed E-state index contributed by atoms with van der Waals surface area (Å²) in [6, 6.07) is 0. The van der Waals surface area contributed by atoms with Gasteiger partial charge >= 0.3 is 0 Å². The third kappa shape index (κ3) is 2.86. The molecular formula is C9H16O. The van der Waals surface area contributed by atoms with Crippen LogP contribution < -0.4 is 0 Å². The molecule has 0 unspecified atom stereocenters. The maximum atomic E-state index is 8.64. The lowest BCUT2D eigenvalue weighted by atomic mass is 9.85. The summed E-state index contributed by atoms with van der Waals surface area (Å²) in [6.45, 7) is 10.0. The van der Waals surface area contributed by atoms with E-state index >= 15 is 0 Å². The van der Waals surface area contributed by atoms with Crippen molar-refractivity contribution in [1.29, 1.82) is 0 Å². The summed E-state index contributed by atoms with van der Waals surface area (Å²) in [4.78, 5) is 0. The van der Waals surface area contributed by atoms with Gasteiger partial charge in [-0.25, -0.2) is 0 Å². The third-order valence-electron chi connectivity index (χ3n) is 1.48. The summed E-state index contributed by atoms with van der Waals surface area (Å²) in [5, 5.41) is 8.64. The maximum Gasteiger partial charge on any atom is 0.0474 e. The lowest BCUT2D eigenvalue weighted by molar-refractivity contribution is 0.288. The van der Waals surface area contributed by atoms with E-state index in [1.54, 1.807) is 0 Å². The fourth-order valence-electron chi connectivity index (χ4n) is 0.840. The molecule has 0 aliphatic carbocycles. The van der Waals surface area contributed by atoms with Gasteiger partial charge in [-0.05, 0) is 17.4 Å². The van der Waals surface area contributed by atoms with E-state index in [4.69, 9.17) is 5.11 Å². The van der Waals surface area contributed by atoms with Crippen molar-refractivity contribution in [2.75, 3.05) is 6.61 Å². The molecule has 0 aromatic carbocycles. The Labute approximate surface area is 63.1 Å². The lowest BCUT2D eigenvalue weighted by Crippen LogP contribution is -2.09. The van der Waals surface area contributed by atoms with Gasteiger partial charge in [0.25, 0.3) is 0 Å². The van der Waals surface area contributed by atoms with Gasteiger partial charge < -0.3 is 5.11 Å². The summed E-state index contributed by atoms with van der Waals surface area (Å²) in [5.41, 5.74) is 4.04. The normalized spacial score (nSPS) is 10.8. The molecule has 0 aromatic rings. The minimum atomic E-state index is 0.102. The highest BCUT2D eigenvalue weighted by Crippen LogP contribution is 2.25. The van der Waals surface area contributed by atoms with Crippen LogP contribution in [0.5, 0.6) is 0 Å². The molecule has 1 nitrogen and oxygen atoms in total. The standard InChI is InChI=1S/C9H16O/c1-5-8(6-7-10)9(2,3)4/h10H,1,6-7H2,2-4H3. The number of aliphatic hydroxyl groups is 1. The van der Waals surface area contributed by atoms with Gasteiger partial charge in [0.2, 0.25) is 0 Å². The zero-order valence-corrected chi connectivity index (χ0v) is 7.07. The molecule has 10 heavy (non-hydrogen) atoms. The van der Waals surface area contributed by atoms with E-state index in [2.05, 4.69) is 33.1 Å². The largest absolute Gasteiger partial charge is 0.396 e. The van der Waals surface area contributed by atoms with Crippen molar-refractivity contribution in [3.63, 3.8) is 0 Å². The van der Waals surface area contributed by atoms with Crippen LogP contribution in [0.2, 0.25) is 0 Å². The summed E-state index contributed by atoms with van der Waals surface area (Å²) in [5.74, 6) is 0. The van der Waals surface area contributed by atoms with Crippen LogP contribution in [-0.4, -0.2) is 11.7 Å². The summed E-state index contributed by atoms with van der Waals surface area (Å²) in [7, 11) is 0. The van der Waals surface area contributed by atoms with E-state index in [1.807, 2.05) is 0 Å². The van der Waals surface area contributed by atoms with Crippen molar-refractivity contribution in [1.82, 2.24) is 0 Å². The van der Waals surface area contributed by atoms with E-state index in [0.717, 1.165) is 5.57 Å². The first-order valence-electron chi connectivity index (χ1n) is 3.52. The first-order chi connectivity index (χ1) is 4.52. The molecule has 0 heterocycles. The number of rotatable bonds is 2. The number of hydrogen-bond donors (Lipinski definition) is 1. The van der Waals surface area contributed by atoms with Crippen molar-refractivity contribution in [2.24, 2.45) is 5.41 Å². The molecule has 0 amide bonds. The topological polar surface area (TPSA) is 20.2 Å². The van der Waals surface area contributed by atoms with Crippen LogP contribution in [0.1, 0.15) is 27.2 Å². The van der Waals surface area contributed by atoms with Gasteiger partial charge in [0.05, 0.1) is 0 Å². The van der Waals surface area contributed by atoms with E-state index in [-0.39, 0.29) is 12.0 Å². The van der Waals surface area contributed by atoms with E-state index in [0.29, 0.717) is 6.42 Å². The molecule has 58 valence electrons. The molecule has 0 aliphatic heterocycles. The monoisotopic (exact) mass is 140 g/mol. The zero-order valence-electron chi connectivity index (χ0n) is 7.07. The van der Waals surface area contributed by atoms with E-state index < -0.39 is 0 Å². The molecule has 0 rings (SSSR count). The van der Waals surface area contributed by atoms with Crippen LogP contribution in [0.25, 0.3) is 0 Å². The summed E-state index contributed by atoms with van der Waals surface area (Å²) >= 11 is 0. The van der Waals surface area contributed by atoms with Crippen LogP contribution >= 0.6 is 0 Å². The molecule has 0 aromatic heterocycles. The van der Waals surface area contributed by atoms with Gasteiger partial charge in [-0.1, -0.05) is 27.4 Å². The van der Waals surface area contributed by atoms with Gasteiger partial charge in [0.15, 0.2) is 0 Å². The Morgan fingerprint density at radius 3 is 2.10 bits per heavy atom.